The summed E-state index contributed by atoms with van der Waals surface area (Å²) in [5.74, 6) is 0.00347. The van der Waals surface area contributed by atoms with E-state index < -0.39 is 5.54 Å². The highest BCUT2D eigenvalue weighted by Gasteiger charge is 2.31. The van der Waals surface area contributed by atoms with Crippen molar-refractivity contribution < 1.29 is 9.59 Å². The Morgan fingerprint density at radius 2 is 1.74 bits per heavy atom. The molecule has 2 aromatic rings. The number of hydrogen-bond acceptors (Lipinski definition) is 5. The Kier molecular flexibility index (Phi) is 5.35. The van der Waals surface area contributed by atoms with Gasteiger partial charge in [-0.3, -0.25) is 9.59 Å². The fraction of sp³-hybridized carbons (Fsp3) is 0.467. The van der Waals surface area contributed by atoms with E-state index in [0.29, 0.717) is 26.2 Å². The van der Waals surface area contributed by atoms with Gasteiger partial charge in [-0.2, -0.15) is 0 Å². The quantitative estimate of drug-likeness (QED) is 0.879. The van der Waals surface area contributed by atoms with Gasteiger partial charge in [0.1, 0.15) is 0 Å². The van der Waals surface area contributed by atoms with Crippen LogP contribution in [0.2, 0.25) is 0 Å². The van der Waals surface area contributed by atoms with Gasteiger partial charge in [-0.25, -0.2) is 0 Å². The van der Waals surface area contributed by atoms with Gasteiger partial charge in [-0.05, 0) is 31.4 Å². The van der Waals surface area contributed by atoms with Crippen LogP contribution in [0.5, 0.6) is 0 Å². The van der Waals surface area contributed by atoms with Gasteiger partial charge in [0.25, 0.3) is 5.91 Å². The number of piperazine rings is 1. The molecule has 0 aliphatic carbocycles. The summed E-state index contributed by atoms with van der Waals surface area (Å²) in [6.07, 6.45) is 0. The van der Waals surface area contributed by atoms with E-state index in [1.54, 1.807) is 30.1 Å². The van der Waals surface area contributed by atoms with Gasteiger partial charge in [0.2, 0.25) is 5.91 Å². The first-order valence-electron chi connectivity index (χ1n) is 7.21. The number of carbonyl (C=O) groups excluding carboxylic acids is 2. The van der Waals surface area contributed by atoms with E-state index in [2.05, 4.69) is 0 Å². The Labute approximate surface area is 149 Å². The highest BCUT2D eigenvalue weighted by Crippen LogP contribution is 2.30. The van der Waals surface area contributed by atoms with Crippen LogP contribution in [0.15, 0.2) is 17.5 Å². The van der Waals surface area contributed by atoms with Gasteiger partial charge >= 0.3 is 0 Å². The Bertz CT molecular complexity index is 683. The predicted molar refractivity (Wildman–Crippen MR) is 97.7 cm³/mol. The molecular weight excluding hydrogens is 354 g/mol. The molecule has 1 saturated heterocycles. The second-order valence-corrected chi connectivity index (χ2v) is 8.10. The number of rotatable bonds is 2. The van der Waals surface area contributed by atoms with Gasteiger partial charge in [-0.15, -0.1) is 35.1 Å². The Morgan fingerprint density at radius 3 is 2.30 bits per heavy atom. The maximum Gasteiger partial charge on any atom is 0.264 e. The maximum atomic E-state index is 12.6. The minimum atomic E-state index is -0.857. The molecule has 0 bridgehead atoms. The third kappa shape index (κ3) is 3.68. The normalized spacial score (nSPS) is 15.6. The average Bonchev–Trinajstić information content (AvgIpc) is 3.06. The zero-order chi connectivity index (χ0) is 15.9. The molecule has 0 spiro atoms. The van der Waals surface area contributed by atoms with Crippen molar-refractivity contribution in [3.8, 4) is 0 Å². The summed E-state index contributed by atoms with van der Waals surface area (Å²) in [6.45, 7) is 5.64. The summed E-state index contributed by atoms with van der Waals surface area (Å²) in [4.78, 5) is 29.1. The molecule has 0 saturated carbocycles. The van der Waals surface area contributed by atoms with Crippen molar-refractivity contribution in [1.82, 2.24) is 9.80 Å². The van der Waals surface area contributed by atoms with Gasteiger partial charge in [0.05, 0.1) is 10.4 Å². The van der Waals surface area contributed by atoms with Crippen LogP contribution in [0.25, 0.3) is 9.40 Å². The Hall–Kier alpha value is -1.15. The molecule has 8 heteroatoms. The second kappa shape index (κ2) is 6.76. The van der Waals surface area contributed by atoms with Gasteiger partial charge in [0.15, 0.2) is 0 Å². The van der Waals surface area contributed by atoms with E-state index in [1.165, 1.54) is 11.3 Å². The number of hydrogen-bond donors (Lipinski definition) is 1. The van der Waals surface area contributed by atoms with E-state index in [9.17, 15) is 9.59 Å². The molecule has 3 heterocycles. The van der Waals surface area contributed by atoms with E-state index in [1.807, 2.05) is 22.4 Å². The van der Waals surface area contributed by atoms with Crippen LogP contribution < -0.4 is 5.73 Å². The molecule has 1 aliphatic heterocycles. The average molecular weight is 374 g/mol. The van der Waals surface area contributed by atoms with Gasteiger partial charge in [-0.1, -0.05) is 0 Å². The number of carbonyl (C=O) groups is 2. The number of fused-ring (bicyclic) bond motifs is 1. The third-order valence-electron chi connectivity index (χ3n) is 3.76. The van der Waals surface area contributed by atoms with Crippen molar-refractivity contribution in [3.63, 3.8) is 0 Å². The molecular formula is C15H20ClN3O2S2. The standard InChI is InChI=1S/C15H19N3O2S2.ClH/c1-15(2,16)14(20)18-6-4-17(5-7-18)13(19)12-9-11-10(22-12)3-8-21-11;/h3,8-9H,4-7,16H2,1-2H3;1H. The summed E-state index contributed by atoms with van der Waals surface area (Å²) in [5, 5.41) is 2.04. The fourth-order valence-electron chi connectivity index (χ4n) is 2.55. The van der Waals surface area contributed by atoms with Gasteiger partial charge in [0, 0.05) is 35.6 Å². The van der Waals surface area contributed by atoms with Crippen LogP contribution in [0.1, 0.15) is 23.5 Å². The predicted octanol–water partition coefficient (Wildman–Crippen LogP) is 2.41. The van der Waals surface area contributed by atoms with Crippen LogP contribution in [0.3, 0.4) is 0 Å². The molecule has 126 valence electrons. The van der Waals surface area contributed by atoms with Crippen molar-refractivity contribution in [2.24, 2.45) is 5.73 Å². The lowest BCUT2D eigenvalue weighted by atomic mass is 10.0. The minimum absolute atomic E-state index is 0. The first-order chi connectivity index (χ1) is 10.4. The lowest BCUT2D eigenvalue weighted by Crippen LogP contribution is -2.57. The fourth-order valence-corrected chi connectivity index (χ4v) is 4.62. The first kappa shape index (κ1) is 18.2. The summed E-state index contributed by atoms with van der Waals surface area (Å²) in [5.41, 5.74) is 5.00. The van der Waals surface area contributed by atoms with Gasteiger partial charge < -0.3 is 15.5 Å². The molecule has 2 aromatic heterocycles. The van der Waals surface area contributed by atoms with E-state index >= 15 is 0 Å². The second-order valence-electron chi connectivity index (χ2n) is 6.07. The highest BCUT2D eigenvalue weighted by molar-refractivity contribution is 7.27. The third-order valence-corrected chi connectivity index (χ3v) is 5.84. The number of amides is 2. The molecule has 2 N–H and O–H groups in total. The van der Waals surface area contributed by atoms with Crippen LogP contribution in [0.4, 0.5) is 0 Å². The lowest BCUT2D eigenvalue weighted by Gasteiger charge is -2.37. The zero-order valence-electron chi connectivity index (χ0n) is 13.1. The molecule has 5 nitrogen and oxygen atoms in total. The molecule has 0 atom stereocenters. The molecule has 1 fully saturated rings. The summed E-state index contributed by atoms with van der Waals surface area (Å²) in [7, 11) is 0. The molecule has 0 aromatic carbocycles. The lowest BCUT2D eigenvalue weighted by molar-refractivity contribution is -0.137. The van der Waals surface area contributed by atoms with Crippen molar-refractivity contribution in [2.45, 2.75) is 19.4 Å². The molecule has 0 radical (unpaired) electrons. The van der Waals surface area contributed by atoms with Crippen molar-refractivity contribution in [3.05, 3.63) is 22.4 Å². The van der Waals surface area contributed by atoms with Crippen LogP contribution in [-0.2, 0) is 4.79 Å². The minimum Gasteiger partial charge on any atom is -0.338 e. The number of thiophene rings is 2. The zero-order valence-corrected chi connectivity index (χ0v) is 15.5. The van der Waals surface area contributed by atoms with Crippen LogP contribution >= 0.6 is 35.1 Å². The highest BCUT2D eigenvalue weighted by atomic mass is 35.5. The number of nitrogens with two attached hydrogens (primary N) is 1. The number of halogens is 1. The van der Waals surface area contributed by atoms with E-state index in [4.69, 9.17) is 5.73 Å². The molecule has 2 amide bonds. The monoisotopic (exact) mass is 373 g/mol. The summed E-state index contributed by atoms with van der Waals surface area (Å²) in [6, 6.07) is 4.01. The first-order valence-corrected chi connectivity index (χ1v) is 8.90. The van der Waals surface area contributed by atoms with Crippen molar-refractivity contribution in [1.29, 1.82) is 0 Å². The maximum absolute atomic E-state index is 12.6. The smallest absolute Gasteiger partial charge is 0.264 e. The Morgan fingerprint density at radius 1 is 1.13 bits per heavy atom. The Balaban J connectivity index is 0.00000192. The largest absolute Gasteiger partial charge is 0.338 e. The van der Waals surface area contributed by atoms with E-state index in [-0.39, 0.29) is 24.2 Å². The summed E-state index contributed by atoms with van der Waals surface area (Å²) >= 11 is 3.19. The van der Waals surface area contributed by atoms with Crippen LogP contribution in [-0.4, -0.2) is 53.3 Å². The SMILES string of the molecule is CC(C)(N)C(=O)N1CCN(C(=O)c2cc3sccc3s2)CC1.Cl. The molecule has 3 rings (SSSR count). The topological polar surface area (TPSA) is 66.6 Å². The number of nitrogens with zero attached hydrogens (tertiary/aromatic N) is 2. The van der Waals surface area contributed by atoms with Crippen molar-refractivity contribution in [2.75, 3.05) is 26.2 Å². The van der Waals surface area contributed by atoms with Crippen LogP contribution in [0, 0.1) is 0 Å². The van der Waals surface area contributed by atoms with Crippen molar-refractivity contribution >= 4 is 56.3 Å². The molecule has 1 aliphatic rings. The van der Waals surface area contributed by atoms with E-state index in [0.717, 1.165) is 14.3 Å². The molecule has 0 unspecified atom stereocenters. The summed E-state index contributed by atoms with van der Waals surface area (Å²) < 4.78 is 2.32. The molecule has 23 heavy (non-hydrogen) atoms.